The Kier molecular flexibility index (Phi) is 3.52. The molecule has 0 heterocycles. The van der Waals surface area contributed by atoms with Gasteiger partial charge < -0.3 is 5.73 Å². The van der Waals surface area contributed by atoms with Crippen LogP contribution in [-0.2, 0) is 6.18 Å². The molecule has 0 fully saturated rings. The summed E-state index contributed by atoms with van der Waals surface area (Å²) >= 11 is 0. The minimum Gasteiger partial charge on any atom is -0.319 e. The molecule has 1 nitrogen and oxygen atoms in total. The third kappa shape index (κ3) is 2.69. The second-order valence-electron chi connectivity index (χ2n) is 3.43. The Hall–Kier alpha value is -1.17. The van der Waals surface area contributed by atoms with E-state index in [4.69, 9.17) is 5.73 Å². The number of rotatable bonds is 2. The molecule has 0 amide bonds. The van der Waals surface area contributed by atoms with Crippen molar-refractivity contribution >= 4 is 0 Å². The van der Waals surface area contributed by atoms with E-state index in [1.54, 1.807) is 0 Å². The van der Waals surface area contributed by atoms with E-state index in [-0.39, 0.29) is 11.1 Å². The van der Waals surface area contributed by atoms with E-state index in [9.17, 15) is 22.0 Å². The molecule has 0 aliphatic carbocycles. The first kappa shape index (κ1) is 12.9. The molecule has 0 radical (unpaired) electrons. The van der Waals surface area contributed by atoms with Gasteiger partial charge in [0.1, 0.15) is 0 Å². The third-order valence-corrected chi connectivity index (χ3v) is 2.23. The van der Waals surface area contributed by atoms with Crippen LogP contribution in [0.3, 0.4) is 0 Å². The second kappa shape index (κ2) is 4.37. The Balaban J connectivity index is 3.10. The average Bonchev–Trinajstić information content (AvgIpc) is 2.15. The third-order valence-electron chi connectivity index (χ3n) is 2.23. The number of benzene rings is 1. The van der Waals surface area contributed by atoms with Crippen molar-refractivity contribution in [3.8, 4) is 0 Å². The predicted octanol–water partition coefficient (Wildman–Crippen LogP) is 3.28. The molecule has 2 N–H and O–H groups in total. The van der Waals surface area contributed by atoms with Crippen molar-refractivity contribution in [2.45, 2.75) is 25.6 Å². The fourth-order valence-corrected chi connectivity index (χ4v) is 1.36. The standard InChI is InChI=1S/C10H10F5N/c1-5-4-6(10(13,14)15)2-3-7(5)8(16)9(11)12/h2-4,8-9H,16H2,1H3. The summed E-state index contributed by atoms with van der Waals surface area (Å²) in [6, 6.07) is 1.01. The first-order chi connectivity index (χ1) is 7.23. The number of hydrogen-bond acceptors (Lipinski definition) is 1. The molecule has 0 bridgehead atoms. The molecule has 16 heavy (non-hydrogen) atoms. The minimum atomic E-state index is -4.47. The highest BCUT2D eigenvalue weighted by Gasteiger charge is 2.31. The highest BCUT2D eigenvalue weighted by Crippen LogP contribution is 2.32. The van der Waals surface area contributed by atoms with Gasteiger partial charge >= 0.3 is 6.18 Å². The van der Waals surface area contributed by atoms with E-state index in [1.807, 2.05) is 0 Å². The van der Waals surface area contributed by atoms with Crippen LogP contribution in [0.1, 0.15) is 22.7 Å². The van der Waals surface area contributed by atoms with Gasteiger partial charge in [-0.2, -0.15) is 13.2 Å². The first-order valence-corrected chi connectivity index (χ1v) is 4.45. The molecule has 0 aromatic heterocycles. The highest BCUT2D eigenvalue weighted by molar-refractivity contribution is 5.34. The molecule has 1 atom stereocenters. The van der Waals surface area contributed by atoms with E-state index in [1.165, 1.54) is 6.92 Å². The first-order valence-electron chi connectivity index (χ1n) is 4.45. The summed E-state index contributed by atoms with van der Waals surface area (Å²) in [6.07, 6.45) is -7.27. The van der Waals surface area contributed by atoms with Gasteiger partial charge in [-0.1, -0.05) is 6.07 Å². The van der Waals surface area contributed by atoms with Crippen molar-refractivity contribution in [3.63, 3.8) is 0 Å². The SMILES string of the molecule is Cc1cc(C(F)(F)F)ccc1C(N)C(F)F. The van der Waals surface area contributed by atoms with Crippen molar-refractivity contribution < 1.29 is 22.0 Å². The van der Waals surface area contributed by atoms with Gasteiger partial charge in [0, 0.05) is 0 Å². The van der Waals surface area contributed by atoms with Crippen LogP contribution in [0.5, 0.6) is 0 Å². The summed E-state index contributed by atoms with van der Waals surface area (Å²) in [6.45, 7) is 1.33. The van der Waals surface area contributed by atoms with Gasteiger partial charge in [0.2, 0.25) is 0 Å². The van der Waals surface area contributed by atoms with Gasteiger partial charge in [-0.05, 0) is 30.2 Å². The summed E-state index contributed by atoms with van der Waals surface area (Å²) in [4.78, 5) is 0. The summed E-state index contributed by atoms with van der Waals surface area (Å²) < 4.78 is 61.4. The number of hydrogen-bond donors (Lipinski definition) is 1. The molecule has 90 valence electrons. The quantitative estimate of drug-likeness (QED) is 0.787. The maximum atomic E-state index is 12.3. The normalized spacial score (nSPS) is 14.2. The maximum absolute atomic E-state index is 12.3. The van der Waals surface area contributed by atoms with Crippen LogP contribution < -0.4 is 5.73 Å². The van der Waals surface area contributed by atoms with Crippen LogP contribution in [0, 0.1) is 6.92 Å². The molecule has 1 aromatic carbocycles. The number of aryl methyl sites for hydroxylation is 1. The molecule has 0 saturated carbocycles. The molecular formula is C10H10F5N. The molecule has 0 spiro atoms. The highest BCUT2D eigenvalue weighted by atomic mass is 19.4. The lowest BCUT2D eigenvalue weighted by Crippen LogP contribution is -2.20. The topological polar surface area (TPSA) is 26.0 Å². The Labute approximate surface area is 89.1 Å². The van der Waals surface area contributed by atoms with E-state index >= 15 is 0 Å². The van der Waals surface area contributed by atoms with Crippen molar-refractivity contribution in [1.82, 2.24) is 0 Å². The molecule has 6 heteroatoms. The maximum Gasteiger partial charge on any atom is 0.416 e. The van der Waals surface area contributed by atoms with Gasteiger partial charge in [-0.3, -0.25) is 0 Å². The van der Waals surface area contributed by atoms with Crippen molar-refractivity contribution in [2.75, 3.05) is 0 Å². The van der Waals surface area contributed by atoms with Crippen LogP contribution in [0.4, 0.5) is 22.0 Å². The van der Waals surface area contributed by atoms with Crippen LogP contribution in [0.25, 0.3) is 0 Å². The smallest absolute Gasteiger partial charge is 0.319 e. The summed E-state index contributed by atoms with van der Waals surface area (Å²) in [5, 5.41) is 0. The van der Waals surface area contributed by atoms with E-state index in [0.29, 0.717) is 0 Å². The van der Waals surface area contributed by atoms with E-state index in [0.717, 1.165) is 18.2 Å². The molecule has 1 rings (SSSR count). The lowest BCUT2D eigenvalue weighted by atomic mass is 9.99. The largest absolute Gasteiger partial charge is 0.416 e. The average molecular weight is 239 g/mol. The summed E-state index contributed by atoms with van der Waals surface area (Å²) in [5.74, 6) is 0. The predicted molar refractivity (Wildman–Crippen MR) is 49.1 cm³/mol. The van der Waals surface area contributed by atoms with Gasteiger partial charge in [-0.15, -0.1) is 0 Å². The molecular weight excluding hydrogens is 229 g/mol. The van der Waals surface area contributed by atoms with E-state index < -0.39 is 24.2 Å². The molecule has 0 saturated heterocycles. The van der Waals surface area contributed by atoms with Gasteiger partial charge in [0.25, 0.3) is 6.43 Å². The van der Waals surface area contributed by atoms with Gasteiger partial charge in [0.05, 0.1) is 11.6 Å². The van der Waals surface area contributed by atoms with Crippen LogP contribution in [-0.4, -0.2) is 6.43 Å². The van der Waals surface area contributed by atoms with Crippen LogP contribution in [0.2, 0.25) is 0 Å². The van der Waals surface area contributed by atoms with Crippen LogP contribution in [0.15, 0.2) is 18.2 Å². The Morgan fingerprint density at radius 2 is 1.75 bits per heavy atom. The molecule has 0 aliphatic heterocycles. The lowest BCUT2D eigenvalue weighted by molar-refractivity contribution is -0.137. The molecule has 1 unspecified atom stereocenters. The van der Waals surface area contributed by atoms with Gasteiger partial charge in [-0.25, -0.2) is 8.78 Å². The molecule has 0 aliphatic rings. The van der Waals surface area contributed by atoms with Crippen molar-refractivity contribution in [3.05, 3.63) is 34.9 Å². The van der Waals surface area contributed by atoms with Gasteiger partial charge in [0.15, 0.2) is 0 Å². The minimum absolute atomic E-state index is 0.0306. The van der Waals surface area contributed by atoms with Crippen LogP contribution >= 0.6 is 0 Å². The number of nitrogens with two attached hydrogens (primary N) is 1. The Morgan fingerprint density at radius 3 is 2.12 bits per heavy atom. The summed E-state index contributed by atoms with van der Waals surface area (Å²) in [7, 11) is 0. The zero-order valence-corrected chi connectivity index (χ0v) is 8.35. The van der Waals surface area contributed by atoms with Crippen molar-refractivity contribution in [2.24, 2.45) is 5.73 Å². The second-order valence-corrected chi connectivity index (χ2v) is 3.43. The zero-order chi connectivity index (χ0) is 12.5. The fourth-order valence-electron chi connectivity index (χ4n) is 1.36. The Morgan fingerprint density at radius 1 is 1.19 bits per heavy atom. The van der Waals surface area contributed by atoms with Crippen molar-refractivity contribution in [1.29, 1.82) is 0 Å². The fraction of sp³-hybridized carbons (Fsp3) is 0.400. The monoisotopic (exact) mass is 239 g/mol. The number of alkyl halides is 5. The Bertz CT molecular complexity index is 372. The van der Waals surface area contributed by atoms with E-state index in [2.05, 4.69) is 0 Å². The lowest BCUT2D eigenvalue weighted by Gasteiger charge is -2.15. The number of halogens is 5. The zero-order valence-electron chi connectivity index (χ0n) is 8.35. The molecule has 1 aromatic rings. The summed E-state index contributed by atoms with van der Waals surface area (Å²) in [5.41, 5.74) is 4.45.